The van der Waals surface area contributed by atoms with Crippen LogP contribution in [0.4, 0.5) is 0 Å². The Balaban J connectivity index is 1.43. The fraction of sp³-hybridized carbons (Fsp3) is 0. The summed E-state index contributed by atoms with van der Waals surface area (Å²) in [7, 11) is 0. The fourth-order valence-electron chi connectivity index (χ4n) is 6.02. The Labute approximate surface area is 220 Å². The summed E-state index contributed by atoms with van der Waals surface area (Å²) in [4.78, 5) is 5.32. The summed E-state index contributed by atoms with van der Waals surface area (Å²) >= 11 is 0. The molecule has 0 N–H and O–H groups in total. The zero-order valence-corrected chi connectivity index (χ0v) is 20.7. The molecule has 0 aliphatic rings. The smallest absolute Gasteiger partial charge is 0.0794 e. The lowest BCUT2D eigenvalue weighted by Crippen LogP contribution is -1.92. The lowest BCUT2D eigenvalue weighted by atomic mass is 9.91. The fourth-order valence-corrected chi connectivity index (χ4v) is 6.02. The molecule has 0 amide bonds. The standard InChI is InChI=1S/C37H23N/c1-4-12-29-24(8-1)11-7-15-30(29)27-16-18-28(19-17-27)35-33-22-20-25-9-2-5-13-31(25)36(33)38-37-32-14-6-3-10-26(32)21-23-34(35)37/h1-23H. The second-order valence-corrected chi connectivity index (χ2v) is 9.96. The minimum Gasteiger partial charge on any atom is -0.246 e. The molecule has 0 aliphatic carbocycles. The van der Waals surface area contributed by atoms with Crippen LogP contribution >= 0.6 is 0 Å². The zero-order chi connectivity index (χ0) is 25.1. The molecule has 0 saturated carbocycles. The van der Waals surface area contributed by atoms with Crippen molar-refractivity contribution in [3.05, 3.63) is 140 Å². The van der Waals surface area contributed by atoms with Crippen molar-refractivity contribution >= 4 is 54.1 Å². The van der Waals surface area contributed by atoms with Crippen LogP contribution in [0.1, 0.15) is 0 Å². The lowest BCUT2D eigenvalue weighted by molar-refractivity contribution is 1.53. The number of nitrogens with zero attached hydrogens (tertiary/aromatic N) is 1. The third-order valence-corrected chi connectivity index (χ3v) is 7.84. The first-order valence-corrected chi connectivity index (χ1v) is 13.1. The van der Waals surface area contributed by atoms with Gasteiger partial charge in [0.1, 0.15) is 0 Å². The van der Waals surface area contributed by atoms with Gasteiger partial charge >= 0.3 is 0 Å². The maximum Gasteiger partial charge on any atom is 0.0794 e. The molecule has 7 aromatic carbocycles. The molecule has 0 unspecified atom stereocenters. The van der Waals surface area contributed by atoms with Crippen LogP contribution in [0.2, 0.25) is 0 Å². The molecule has 0 bridgehead atoms. The molecular weight excluding hydrogens is 458 g/mol. The van der Waals surface area contributed by atoms with Gasteiger partial charge in [-0.15, -0.1) is 0 Å². The van der Waals surface area contributed by atoms with E-state index in [1.807, 2.05) is 0 Å². The molecule has 0 saturated heterocycles. The predicted octanol–water partition coefficient (Wildman–Crippen LogP) is 10.2. The van der Waals surface area contributed by atoms with Crippen LogP contribution in [0.5, 0.6) is 0 Å². The Hall–Kier alpha value is -5.01. The average molecular weight is 482 g/mol. The van der Waals surface area contributed by atoms with Crippen molar-refractivity contribution in [1.82, 2.24) is 4.98 Å². The molecule has 0 fully saturated rings. The maximum atomic E-state index is 5.32. The monoisotopic (exact) mass is 481 g/mol. The van der Waals surface area contributed by atoms with E-state index >= 15 is 0 Å². The summed E-state index contributed by atoms with van der Waals surface area (Å²) in [6.45, 7) is 0. The number of rotatable bonds is 2. The molecule has 0 aliphatic heterocycles. The van der Waals surface area contributed by atoms with E-state index in [0.717, 1.165) is 11.0 Å². The van der Waals surface area contributed by atoms with Gasteiger partial charge in [0.2, 0.25) is 0 Å². The summed E-state index contributed by atoms with van der Waals surface area (Å²) in [5, 5.41) is 9.71. The average Bonchev–Trinajstić information content (AvgIpc) is 2.99. The number of hydrogen-bond acceptors (Lipinski definition) is 1. The topological polar surface area (TPSA) is 12.9 Å². The molecule has 1 aromatic heterocycles. The highest BCUT2D eigenvalue weighted by molar-refractivity contribution is 6.21. The molecule has 176 valence electrons. The molecule has 0 spiro atoms. The van der Waals surface area contributed by atoms with E-state index in [4.69, 9.17) is 4.98 Å². The van der Waals surface area contributed by atoms with Crippen molar-refractivity contribution in [3.63, 3.8) is 0 Å². The first-order valence-electron chi connectivity index (χ1n) is 13.1. The number of aromatic nitrogens is 1. The normalized spacial score (nSPS) is 11.7. The van der Waals surface area contributed by atoms with Crippen LogP contribution in [0.15, 0.2) is 140 Å². The van der Waals surface area contributed by atoms with E-state index in [-0.39, 0.29) is 0 Å². The summed E-state index contributed by atoms with van der Waals surface area (Å²) in [6.07, 6.45) is 0. The number of pyridine rings is 1. The third kappa shape index (κ3) is 3.16. The van der Waals surface area contributed by atoms with Gasteiger partial charge < -0.3 is 0 Å². The highest BCUT2D eigenvalue weighted by Crippen LogP contribution is 2.40. The summed E-state index contributed by atoms with van der Waals surface area (Å²) in [6, 6.07) is 50.3. The van der Waals surface area contributed by atoms with Gasteiger partial charge in [-0.25, -0.2) is 4.98 Å². The van der Waals surface area contributed by atoms with Crippen LogP contribution in [0.25, 0.3) is 76.4 Å². The molecule has 38 heavy (non-hydrogen) atoms. The molecule has 1 heterocycles. The van der Waals surface area contributed by atoms with Crippen LogP contribution in [-0.4, -0.2) is 4.98 Å². The minimum absolute atomic E-state index is 1.06. The quantitative estimate of drug-likeness (QED) is 0.177. The molecule has 0 radical (unpaired) electrons. The largest absolute Gasteiger partial charge is 0.246 e. The lowest BCUT2D eigenvalue weighted by Gasteiger charge is -2.15. The Kier molecular flexibility index (Phi) is 4.59. The highest BCUT2D eigenvalue weighted by Gasteiger charge is 2.15. The van der Waals surface area contributed by atoms with Gasteiger partial charge in [0.15, 0.2) is 0 Å². The van der Waals surface area contributed by atoms with Gasteiger partial charge in [-0.2, -0.15) is 0 Å². The number of fused-ring (bicyclic) bond motifs is 7. The first-order chi connectivity index (χ1) is 18.8. The minimum atomic E-state index is 1.06. The summed E-state index contributed by atoms with van der Waals surface area (Å²) in [5.41, 5.74) is 7.04. The Bertz CT molecular complexity index is 2070. The van der Waals surface area contributed by atoms with Gasteiger partial charge in [-0.05, 0) is 38.2 Å². The SMILES string of the molecule is c1ccc2c(-c3ccc(-c4c5ccc6ccccc6c5nc5c4ccc4ccccc45)cc3)cccc2c1. The van der Waals surface area contributed by atoms with Gasteiger partial charge in [0.25, 0.3) is 0 Å². The molecular formula is C37H23N. The number of hydrogen-bond donors (Lipinski definition) is 0. The van der Waals surface area contributed by atoms with Crippen LogP contribution in [0, 0.1) is 0 Å². The van der Waals surface area contributed by atoms with Crippen molar-refractivity contribution < 1.29 is 0 Å². The molecule has 1 heteroatoms. The van der Waals surface area contributed by atoms with Gasteiger partial charge in [0.05, 0.1) is 11.0 Å². The van der Waals surface area contributed by atoms with Gasteiger partial charge in [-0.1, -0.05) is 140 Å². The van der Waals surface area contributed by atoms with E-state index in [1.54, 1.807) is 0 Å². The van der Waals surface area contributed by atoms with Crippen molar-refractivity contribution in [2.75, 3.05) is 0 Å². The first kappa shape index (κ1) is 21.1. The van der Waals surface area contributed by atoms with Crippen LogP contribution in [0.3, 0.4) is 0 Å². The Morgan fingerprint density at radius 3 is 1.39 bits per heavy atom. The Morgan fingerprint density at radius 1 is 0.316 bits per heavy atom. The van der Waals surface area contributed by atoms with Crippen LogP contribution in [-0.2, 0) is 0 Å². The third-order valence-electron chi connectivity index (χ3n) is 7.84. The van der Waals surface area contributed by atoms with Crippen molar-refractivity contribution in [3.8, 4) is 22.3 Å². The summed E-state index contributed by atoms with van der Waals surface area (Å²) < 4.78 is 0. The van der Waals surface area contributed by atoms with E-state index in [0.29, 0.717) is 0 Å². The second-order valence-electron chi connectivity index (χ2n) is 9.96. The molecule has 1 nitrogen and oxygen atoms in total. The van der Waals surface area contributed by atoms with Gasteiger partial charge in [-0.3, -0.25) is 0 Å². The maximum absolute atomic E-state index is 5.32. The van der Waals surface area contributed by atoms with Crippen LogP contribution < -0.4 is 0 Å². The van der Waals surface area contributed by atoms with Gasteiger partial charge in [0, 0.05) is 27.1 Å². The van der Waals surface area contributed by atoms with Crippen molar-refractivity contribution in [2.45, 2.75) is 0 Å². The highest BCUT2D eigenvalue weighted by atomic mass is 14.7. The van der Waals surface area contributed by atoms with Crippen molar-refractivity contribution in [1.29, 1.82) is 0 Å². The molecule has 8 aromatic rings. The van der Waals surface area contributed by atoms with E-state index in [9.17, 15) is 0 Å². The summed E-state index contributed by atoms with van der Waals surface area (Å²) in [5.74, 6) is 0. The number of benzene rings is 7. The molecule has 0 atom stereocenters. The van der Waals surface area contributed by atoms with Crippen molar-refractivity contribution in [2.24, 2.45) is 0 Å². The Morgan fingerprint density at radius 2 is 0.789 bits per heavy atom. The van der Waals surface area contributed by atoms with E-state index in [2.05, 4.69) is 140 Å². The second kappa shape index (κ2) is 8.26. The van der Waals surface area contributed by atoms with E-state index < -0.39 is 0 Å². The van der Waals surface area contributed by atoms with E-state index in [1.165, 1.54) is 65.3 Å². The predicted molar refractivity (Wildman–Crippen MR) is 163 cm³/mol. The molecule has 8 rings (SSSR count). The zero-order valence-electron chi connectivity index (χ0n) is 20.7.